The van der Waals surface area contributed by atoms with Crippen molar-refractivity contribution < 1.29 is 14.3 Å². The molecule has 2 amide bonds. The normalized spacial score (nSPS) is 11.2. The van der Waals surface area contributed by atoms with Gasteiger partial charge in [0.1, 0.15) is 5.60 Å². The van der Waals surface area contributed by atoms with Gasteiger partial charge in [-0.3, -0.25) is 4.79 Å². The number of anilines is 1. The van der Waals surface area contributed by atoms with Gasteiger partial charge in [-0.2, -0.15) is 5.10 Å². The second-order valence-electron chi connectivity index (χ2n) is 6.46. The number of rotatable bonds is 4. The van der Waals surface area contributed by atoms with E-state index < -0.39 is 11.7 Å². The van der Waals surface area contributed by atoms with Gasteiger partial charge in [-0.25, -0.2) is 10.2 Å². The highest BCUT2D eigenvalue weighted by molar-refractivity contribution is 6.30. The predicted molar refractivity (Wildman–Crippen MR) is 103 cm³/mol. The molecule has 0 saturated heterocycles. The van der Waals surface area contributed by atoms with Gasteiger partial charge < -0.3 is 10.1 Å². The van der Waals surface area contributed by atoms with Gasteiger partial charge in [-0.1, -0.05) is 23.7 Å². The highest BCUT2D eigenvalue weighted by Gasteiger charge is 2.15. The van der Waals surface area contributed by atoms with Gasteiger partial charge in [-0.15, -0.1) is 0 Å². The maximum absolute atomic E-state index is 12.2. The topological polar surface area (TPSA) is 79.8 Å². The number of nitrogens with zero attached hydrogens (tertiary/aromatic N) is 1. The summed E-state index contributed by atoms with van der Waals surface area (Å²) in [6.45, 7) is 5.30. The molecule has 0 aliphatic rings. The molecule has 0 aliphatic carbocycles. The number of nitrogens with one attached hydrogen (secondary N) is 2. The van der Waals surface area contributed by atoms with Crippen molar-refractivity contribution in [3.8, 4) is 0 Å². The van der Waals surface area contributed by atoms with Crippen LogP contribution in [0.2, 0.25) is 5.02 Å². The first-order valence-corrected chi connectivity index (χ1v) is 8.30. The van der Waals surface area contributed by atoms with Gasteiger partial charge in [-0.05, 0) is 62.7 Å². The summed E-state index contributed by atoms with van der Waals surface area (Å²) >= 11 is 5.82. The van der Waals surface area contributed by atoms with Crippen molar-refractivity contribution in [1.29, 1.82) is 0 Å². The summed E-state index contributed by atoms with van der Waals surface area (Å²) in [7, 11) is 0. The van der Waals surface area contributed by atoms with Gasteiger partial charge in [0.05, 0.1) is 6.21 Å². The van der Waals surface area contributed by atoms with Crippen LogP contribution in [0.1, 0.15) is 36.7 Å². The van der Waals surface area contributed by atoms with Gasteiger partial charge in [0.25, 0.3) is 5.91 Å². The maximum Gasteiger partial charge on any atom is 0.428 e. The molecule has 2 N–H and O–H groups in total. The quantitative estimate of drug-likeness (QED) is 0.613. The molecule has 0 atom stereocenters. The van der Waals surface area contributed by atoms with Crippen LogP contribution in [-0.2, 0) is 4.74 Å². The third-order valence-corrected chi connectivity index (χ3v) is 3.27. The average molecular weight is 374 g/mol. The van der Waals surface area contributed by atoms with E-state index in [9.17, 15) is 9.59 Å². The Labute approximate surface area is 157 Å². The molecular weight excluding hydrogens is 354 g/mol. The van der Waals surface area contributed by atoms with Crippen molar-refractivity contribution in [1.82, 2.24) is 5.43 Å². The lowest BCUT2D eigenvalue weighted by Crippen LogP contribution is -2.29. The Bertz CT molecular complexity index is 812. The number of amides is 2. The van der Waals surface area contributed by atoms with Crippen LogP contribution in [-0.4, -0.2) is 23.8 Å². The molecule has 0 unspecified atom stereocenters. The van der Waals surface area contributed by atoms with Crippen molar-refractivity contribution in [3.63, 3.8) is 0 Å². The van der Waals surface area contributed by atoms with Gasteiger partial charge >= 0.3 is 6.09 Å². The highest BCUT2D eigenvalue weighted by atomic mass is 35.5. The number of carbonyl (C=O) groups is 2. The highest BCUT2D eigenvalue weighted by Crippen LogP contribution is 2.14. The molecule has 6 nitrogen and oxygen atoms in total. The second kappa shape index (κ2) is 8.49. The molecule has 0 heterocycles. The van der Waals surface area contributed by atoms with Crippen molar-refractivity contribution in [2.45, 2.75) is 26.4 Å². The van der Waals surface area contributed by atoms with Crippen LogP contribution >= 0.6 is 11.6 Å². The van der Waals surface area contributed by atoms with Crippen LogP contribution in [0, 0.1) is 0 Å². The summed E-state index contributed by atoms with van der Waals surface area (Å²) in [5.41, 5.74) is 3.50. The first-order valence-electron chi connectivity index (χ1n) is 7.92. The van der Waals surface area contributed by atoms with E-state index in [1.54, 1.807) is 69.3 Å². The largest absolute Gasteiger partial charge is 0.443 e. The fourth-order valence-corrected chi connectivity index (χ4v) is 2.09. The van der Waals surface area contributed by atoms with Crippen LogP contribution in [0.25, 0.3) is 0 Å². The van der Waals surface area contributed by atoms with E-state index in [0.29, 0.717) is 21.8 Å². The van der Waals surface area contributed by atoms with Crippen LogP contribution in [0.3, 0.4) is 0 Å². The van der Waals surface area contributed by atoms with Crippen LogP contribution in [0.4, 0.5) is 10.5 Å². The Morgan fingerprint density at radius 3 is 2.46 bits per heavy atom. The molecule has 0 aromatic heterocycles. The number of hydrazone groups is 1. The van der Waals surface area contributed by atoms with Crippen LogP contribution in [0.15, 0.2) is 53.6 Å². The number of ether oxygens (including phenoxy) is 1. The smallest absolute Gasteiger partial charge is 0.428 e. The van der Waals surface area contributed by atoms with Crippen molar-refractivity contribution in [3.05, 3.63) is 64.7 Å². The summed E-state index contributed by atoms with van der Waals surface area (Å²) in [4.78, 5) is 23.7. The molecule has 26 heavy (non-hydrogen) atoms. The lowest BCUT2D eigenvalue weighted by molar-refractivity contribution is 0.0529. The van der Waals surface area contributed by atoms with Gasteiger partial charge in [0.15, 0.2) is 0 Å². The van der Waals surface area contributed by atoms with E-state index in [1.807, 2.05) is 0 Å². The molecule has 136 valence electrons. The minimum atomic E-state index is -0.638. The summed E-state index contributed by atoms with van der Waals surface area (Å²) in [5.74, 6) is -0.248. The molecule has 0 spiro atoms. The third kappa shape index (κ3) is 6.57. The summed E-state index contributed by atoms with van der Waals surface area (Å²) < 4.78 is 5.08. The fraction of sp³-hybridized carbons (Fsp3) is 0.211. The third-order valence-electron chi connectivity index (χ3n) is 3.02. The van der Waals surface area contributed by atoms with Crippen molar-refractivity contribution in [2.75, 3.05) is 5.32 Å². The molecule has 0 saturated carbocycles. The average Bonchev–Trinajstić information content (AvgIpc) is 2.54. The van der Waals surface area contributed by atoms with E-state index in [4.69, 9.17) is 16.3 Å². The molecule has 0 fully saturated rings. The fourth-order valence-electron chi connectivity index (χ4n) is 1.96. The Kier molecular flexibility index (Phi) is 6.36. The van der Waals surface area contributed by atoms with E-state index in [-0.39, 0.29) is 5.91 Å². The summed E-state index contributed by atoms with van der Waals surface area (Å²) in [6.07, 6.45) is 0.822. The molecule has 0 aliphatic heterocycles. The van der Waals surface area contributed by atoms with Crippen molar-refractivity contribution in [2.24, 2.45) is 5.10 Å². The number of benzene rings is 2. The predicted octanol–water partition coefficient (Wildman–Crippen LogP) is 4.45. The van der Waals surface area contributed by atoms with Gasteiger partial charge in [0, 0.05) is 16.3 Å². The molecular formula is C19H20ClN3O3. The molecule has 7 heteroatoms. The standard InChI is InChI=1S/C19H20ClN3O3/c1-19(2,3)26-18(25)23-21-12-13-5-4-6-16(11-13)22-17(24)14-7-9-15(20)10-8-14/h4-12H,1-3H3,(H,22,24)(H,23,25)/b21-12+. The van der Waals surface area contributed by atoms with E-state index >= 15 is 0 Å². The lowest BCUT2D eigenvalue weighted by Gasteiger charge is -2.18. The summed E-state index contributed by atoms with van der Waals surface area (Å²) in [6, 6.07) is 13.6. The molecule has 0 radical (unpaired) electrons. The Morgan fingerprint density at radius 2 is 1.81 bits per heavy atom. The molecule has 2 aromatic carbocycles. The Balaban J connectivity index is 1.97. The molecule has 2 aromatic rings. The Morgan fingerprint density at radius 1 is 1.12 bits per heavy atom. The number of halogens is 1. The van der Waals surface area contributed by atoms with E-state index in [1.165, 1.54) is 6.21 Å². The second-order valence-corrected chi connectivity index (χ2v) is 6.89. The number of hydrogen-bond donors (Lipinski definition) is 2. The van der Waals surface area contributed by atoms with Crippen LogP contribution < -0.4 is 10.7 Å². The minimum absolute atomic E-state index is 0.248. The monoisotopic (exact) mass is 373 g/mol. The first-order chi connectivity index (χ1) is 12.2. The molecule has 0 bridgehead atoms. The zero-order valence-electron chi connectivity index (χ0n) is 14.7. The first kappa shape index (κ1) is 19.5. The maximum atomic E-state index is 12.2. The number of carbonyl (C=O) groups excluding carboxylic acids is 2. The molecule has 2 rings (SSSR count). The SMILES string of the molecule is CC(C)(C)OC(=O)N/N=C/c1cccc(NC(=O)c2ccc(Cl)cc2)c1. The van der Waals surface area contributed by atoms with Crippen molar-refractivity contribution >= 4 is 35.5 Å². The van der Waals surface area contributed by atoms with E-state index in [0.717, 1.165) is 0 Å². The zero-order valence-corrected chi connectivity index (χ0v) is 15.5. The van der Waals surface area contributed by atoms with Crippen LogP contribution in [0.5, 0.6) is 0 Å². The zero-order chi connectivity index (χ0) is 19.2. The minimum Gasteiger partial charge on any atom is -0.443 e. The lowest BCUT2D eigenvalue weighted by atomic mass is 10.2. The van der Waals surface area contributed by atoms with E-state index in [2.05, 4.69) is 15.8 Å². The summed E-state index contributed by atoms with van der Waals surface area (Å²) in [5, 5.41) is 7.20. The number of hydrogen-bond acceptors (Lipinski definition) is 4. The Hall–Kier alpha value is -2.86. The van der Waals surface area contributed by atoms with Gasteiger partial charge in [0.2, 0.25) is 0 Å².